The molecule has 62 valence electrons. The van der Waals surface area contributed by atoms with Gasteiger partial charge in [0.25, 0.3) is 0 Å². The number of nitrogens with zero attached hydrogens (tertiary/aromatic N) is 3. The van der Waals surface area contributed by atoms with Crippen molar-refractivity contribution in [3.8, 4) is 12.1 Å². The Kier molecular flexibility index (Phi) is 3.23. The molecule has 3 nitrogen and oxygen atoms in total. The molecule has 0 unspecified atom stereocenters. The number of rotatable bonds is 2. The maximum Gasteiger partial charge on any atom is 0.101 e. The second-order valence-corrected chi connectivity index (χ2v) is 2.38. The number of hydrogen-bond acceptors (Lipinski definition) is 3. The van der Waals surface area contributed by atoms with Gasteiger partial charge >= 0.3 is 0 Å². The zero-order valence-electron chi connectivity index (χ0n) is 6.94. The highest BCUT2D eigenvalue weighted by molar-refractivity contribution is 5.50. The third-order valence-corrected chi connectivity index (χ3v) is 1.41. The number of aromatic nitrogens is 1. The van der Waals surface area contributed by atoms with E-state index in [-0.39, 0.29) is 0 Å². The number of allylic oxidation sites excluding steroid dienone is 1. The van der Waals surface area contributed by atoms with Crippen LogP contribution in [-0.4, -0.2) is 4.98 Å². The number of nitriles is 2. The van der Waals surface area contributed by atoms with Crippen LogP contribution in [0.5, 0.6) is 0 Å². The highest BCUT2D eigenvalue weighted by Crippen LogP contribution is 2.03. The van der Waals surface area contributed by atoms with Gasteiger partial charge in [0.1, 0.15) is 6.07 Å². The third kappa shape index (κ3) is 2.76. The molecule has 13 heavy (non-hydrogen) atoms. The van der Waals surface area contributed by atoms with E-state index in [4.69, 9.17) is 10.5 Å². The highest BCUT2D eigenvalue weighted by Gasteiger charge is 1.90. The van der Waals surface area contributed by atoms with Crippen molar-refractivity contribution in [2.45, 2.75) is 6.42 Å². The van der Waals surface area contributed by atoms with E-state index in [0.717, 1.165) is 5.56 Å². The molecule has 0 saturated carbocycles. The van der Waals surface area contributed by atoms with Crippen LogP contribution in [0.1, 0.15) is 17.5 Å². The summed E-state index contributed by atoms with van der Waals surface area (Å²) >= 11 is 0. The summed E-state index contributed by atoms with van der Waals surface area (Å²) in [5, 5.41) is 16.8. The van der Waals surface area contributed by atoms with Crippen LogP contribution in [0.15, 0.2) is 24.5 Å². The van der Waals surface area contributed by atoms with E-state index in [0.29, 0.717) is 12.0 Å². The lowest BCUT2D eigenvalue weighted by Crippen LogP contribution is -1.80. The van der Waals surface area contributed by atoms with E-state index in [2.05, 4.69) is 4.98 Å². The lowest BCUT2D eigenvalue weighted by atomic mass is 10.2. The first-order chi connectivity index (χ1) is 6.36. The minimum absolute atomic E-state index is 0.372. The molecule has 0 saturated heterocycles. The molecule has 0 N–H and O–H groups in total. The lowest BCUT2D eigenvalue weighted by Gasteiger charge is -1.91. The average Bonchev–Trinajstić information content (AvgIpc) is 2.19. The van der Waals surface area contributed by atoms with Crippen molar-refractivity contribution < 1.29 is 0 Å². The molecule has 1 heterocycles. The molecule has 0 aromatic carbocycles. The van der Waals surface area contributed by atoms with Gasteiger partial charge in [0.15, 0.2) is 0 Å². The van der Waals surface area contributed by atoms with Crippen LogP contribution in [-0.2, 0) is 0 Å². The zero-order chi connectivity index (χ0) is 9.52. The fraction of sp³-hybridized carbons (Fsp3) is 0.100. The Morgan fingerprint density at radius 3 is 2.92 bits per heavy atom. The van der Waals surface area contributed by atoms with Crippen molar-refractivity contribution in [2.24, 2.45) is 0 Å². The van der Waals surface area contributed by atoms with Crippen LogP contribution in [0.25, 0.3) is 6.08 Å². The highest BCUT2D eigenvalue weighted by atomic mass is 14.6. The minimum Gasteiger partial charge on any atom is -0.263 e. The van der Waals surface area contributed by atoms with E-state index in [9.17, 15) is 0 Å². The Morgan fingerprint density at radius 1 is 1.38 bits per heavy atom. The maximum absolute atomic E-state index is 8.57. The summed E-state index contributed by atoms with van der Waals surface area (Å²) in [4.78, 5) is 3.88. The van der Waals surface area contributed by atoms with Crippen LogP contribution >= 0.6 is 0 Å². The van der Waals surface area contributed by atoms with Crippen LogP contribution in [0, 0.1) is 22.7 Å². The van der Waals surface area contributed by atoms with Gasteiger partial charge in [0, 0.05) is 12.4 Å². The van der Waals surface area contributed by atoms with Crippen molar-refractivity contribution in [3.63, 3.8) is 0 Å². The van der Waals surface area contributed by atoms with Crippen LogP contribution in [0.3, 0.4) is 0 Å². The summed E-state index contributed by atoms with van der Waals surface area (Å²) in [6.07, 6.45) is 7.03. The van der Waals surface area contributed by atoms with Gasteiger partial charge in [-0.3, -0.25) is 4.98 Å². The van der Waals surface area contributed by atoms with Gasteiger partial charge in [0.05, 0.1) is 18.1 Å². The zero-order valence-corrected chi connectivity index (χ0v) is 6.94. The summed E-state index contributed by atoms with van der Waals surface area (Å²) in [5.74, 6) is 0. The predicted molar refractivity (Wildman–Crippen MR) is 48.2 cm³/mol. The average molecular weight is 169 g/mol. The molecule has 0 radical (unpaired) electrons. The van der Waals surface area contributed by atoms with Crippen molar-refractivity contribution in [1.82, 2.24) is 4.98 Å². The van der Waals surface area contributed by atoms with Gasteiger partial charge in [-0.25, -0.2) is 0 Å². The smallest absolute Gasteiger partial charge is 0.101 e. The van der Waals surface area contributed by atoms with Crippen LogP contribution in [0.4, 0.5) is 0 Å². The van der Waals surface area contributed by atoms with Gasteiger partial charge in [-0.1, -0.05) is 12.2 Å². The fourth-order valence-electron chi connectivity index (χ4n) is 0.858. The molecular formula is C10H7N3. The number of hydrogen-bond donors (Lipinski definition) is 0. The summed E-state index contributed by atoms with van der Waals surface area (Å²) < 4.78 is 0. The molecule has 0 aliphatic carbocycles. The second kappa shape index (κ2) is 4.69. The first kappa shape index (κ1) is 8.96. The van der Waals surface area contributed by atoms with Crippen molar-refractivity contribution in [2.75, 3.05) is 0 Å². The molecular weight excluding hydrogens is 162 g/mol. The van der Waals surface area contributed by atoms with E-state index in [1.165, 1.54) is 6.20 Å². The fourth-order valence-corrected chi connectivity index (χ4v) is 0.858. The van der Waals surface area contributed by atoms with Crippen molar-refractivity contribution in [1.29, 1.82) is 10.5 Å². The minimum atomic E-state index is 0.372. The summed E-state index contributed by atoms with van der Waals surface area (Å²) in [5.41, 5.74) is 1.37. The maximum atomic E-state index is 8.57. The van der Waals surface area contributed by atoms with Gasteiger partial charge in [-0.15, -0.1) is 0 Å². The monoisotopic (exact) mass is 169 g/mol. The van der Waals surface area contributed by atoms with Gasteiger partial charge in [-0.05, 0) is 11.6 Å². The van der Waals surface area contributed by atoms with E-state index < -0.39 is 0 Å². The van der Waals surface area contributed by atoms with E-state index in [1.807, 2.05) is 12.1 Å². The summed E-state index contributed by atoms with van der Waals surface area (Å²) in [6, 6.07) is 5.71. The topological polar surface area (TPSA) is 60.5 Å². The van der Waals surface area contributed by atoms with Crippen molar-refractivity contribution in [3.05, 3.63) is 35.7 Å². The Morgan fingerprint density at radius 2 is 2.23 bits per heavy atom. The molecule has 0 spiro atoms. The Balaban J connectivity index is 2.80. The van der Waals surface area contributed by atoms with Gasteiger partial charge in [0.2, 0.25) is 0 Å². The Labute approximate surface area is 76.6 Å². The van der Waals surface area contributed by atoms with E-state index >= 15 is 0 Å². The largest absolute Gasteiger partial charge is 0.263 e. The third-order valence-electron chi connectivity index (χ3n) is 1.41. The standard InChI is InChI=1S/C10H7N3/c11-4-2-1-3-9-5-10(6-12)8-13-7-9/h1,3,5,7-8H,2H2. The molecule has 3 heteroatoms. The Bertz CT molecular complexity index is 393. The summed E-state index contributed by atoms with van der Waals surface area (Å²) in [6.45, 7) is 0. The first-order valence-corrected chi connectivity index (χ1v) is 3.75. The van der Waals surface area contributed by atoms with E-state index in [1.54, 1.807) is 24.4 Å². The van der Waals surface area contributed by atoms with Crippen molar-refractivity contribution >= 4 is 6.08 Å². The normalized spacial score (nSPS) is 9.38. The molecule has 0 atom stereocenters. The predicted octanol–water partition coefficient (Wildman–Crippen LogP) is 1.88. The molecule has 0 aliphatic heterocycles. The lowest BCUT2D eigenvalue weighted by molar-refractivity contribution is 1.29. The second-order valence-electron chi connectivity index (χ2n) is 2.38. The van der Waals surface area contributed by atoms with Gasteiger partial charge < -0.3 is 0 Å². The molecule has 0 amide bonds. The van der Waals surface area contributed by atoms with Crippen LogP contribution < -0.4 is 0 Å². The summed E-state index contributed by atoms with van der Waals surface area (Å²) in [7, 11) is 0. The molecule has 1 rings (SSSR count). The first-order valence-electron chi connectivity index (χ1n) is 3.75. The van der Waals surface area contributed by atoms with Gasteiger partial charge in [-0.2, -0.15) is 10.5 Å². The molecule has 1 aromatic heterocycles. The molecule has 0 bridgehead atoms. The quantitative estimate of drug-likeness (QED) is 0.679. The Hall–Kier alpha value is -2.13. The molecule has 0 aliphatic rings. The SMILES string of the molecule is N#CCC=Cc1cncc(C#N)c1. The van der Waals surface area contributed by atoms with Crippen LogP contribution in [0.2, 0.25) is 0 Å². The number of pyridine rings is 1. The molecule has 1 aromatic rings. The molecule has 0 fully saturated rings.